The van der Waals surface area contributed by atoms with Crippen LogP contribution in [-0.2, 0) is 14.8 Å². The topological polar surface area (TPSA) is 81.4 Å². The van der Waals surface area contributed by atoms with Gasteiger partial charge in [-0.2, -0.15) is 0 Å². The van der Waals surface area contributed by atoms with Crippen molar-refractivity contribution in [2.24, 2.45) is 5.73 Å². The fraction of sp³-hybridized carbons (Fsp3) is 0.364. The molecule has 0 atom stereocenters. The number of nitrogens with two attached hydrogens (primary N) is 1. The van der Waals surface area contributed by atoms with Crippen LogP contribution in [0.25, 0.3) is 0 Å². The second kappa shape index (κ2) is 7.04. The minimum Gasteiger partial charge on any atom is -0.389 e. The summed E-state index contributed by atoms with van der Waals surface area (Å²) in [4.78, 5) is 0.202. The number of halogens is 1. The molecule has 1 aromatic rings. The van der Waals surface area contributed by atoms with E-state index in [1.807, 2.05) is 0 Å². The zero-order valence-corrected chi connectivity index (χ0v) is 12.7. The van der Waals surface area contributed by atoms with Crippen molar-refractivity contribution in [3.63, 3.8) is 0 Å². The molecule has 0 saturated heterocycles. The van der Waals surface area contributed by atoms with Crippen LogP contribution in [0.5, 0.6) is 0 Å². The van der Waals surface area contributed by atoms with Crippen molar-refractivity contribution < 1.29 is 13.2 Å². The fourth-order valence-corrected chi connectivity index (χ4v) is 2.65. The first kappa shape index (κ1) is 16.2. The van der Waals surface area contributed by atoms with Crippen molar-refractivity contribution in [1.82, 2.24) is 0 Å². The lowest BCUT2D eigenvalue weighted by Crippen LogP contribution is -2.20. The van der Waals surface area contributed by atoms with Crippen molar-refractivity contribution in [2.75, 3.05) is 23.7 Å². The molecule has 106 valence electrons. The van der Waals surface area contributed by atoms with Crippen LogP contribution in [0.2, 0.25) is 5.02 Å². The quantitative estimate of drug-likeness (QED) is 0.590. The summed E-state index contributed by atoms with van der Waals surface area (Å²) in [5.74, 6) is -0.131. The van der Waals surface area contributed by atoms with Gasteiger partial charge in [0, 0.05) is 12.2 Å². The van der Waals surface area contributed by atoms with E-state index >= 15 is 0 Å². The molecule has 0 unspecified atom stereocenters. The third-order valence-corrected chi connectivity index (χ3v) is 4.00. The SMILES string of the molecule is CCOCCS(=O)(=O)Nc1ccc(C(N)=S)cc1Cl. The Balaban J connectivity index is 2.79. The molecule has 0 saturated carbocycles. The third-order valence-electron chi connectivity index (χ3n) is 2.22. The summed E-state index contributed by atoms with van der Waals surface area (Å²) in [5.41, 5.74) is 6.33. The highest BCUT2D eigenvalue weighted by Gasteiger charge is 2.13. The maximum absolute atomic E-state index is 11.7. The lowest BCUT2D eigenvalue weighted by Gasteiger charge is -2.10. The number of ether oxygens (including phenoxy) is 1. The molecule has 0 radical (unpaired) electrons. The Morgan fingerprint density at radius 3 is 2.74 bits per heavy atom. The van der Waals surface area contributed by atoms with Gasteiger partial charge in [0.2, 0.25) is 10.0 Å². The summed E-state index contributed by atoms with van der Waals surface area (Å²) in [6, 6.07) is 4.65. The number of thiocarbonyl (C=S) groups is 1. The van der Waals surface area contributed by atoms with Gasteiger partial charge in [0.25, 0.3) is 0 Å². The molecule has 19 heavy (non-hydrogen) atoms. The first-order chi connectivity index (χ1) is 8.85. The summed E-state index contributed by atoms with van der Waals surface area (Å²) >= 11 is 10.8. The predicted octanol–water partition coefficient (Wildman–Crippen LogP) is 1.75. The van der Waals surface area contributed by atoms with Gasteiger partial charge in [0.15, 0.2) is 0 Å². The van der Waals surface area contributed by atoms with Gasteiger partial charge in [0.1, 0.15) is 4.99 Å². The summed E-state index contributed by atoms with van der Waals surface area (Å²) in [6.45, 7) is 2.40. The normalized spacial score (nSPS) is 11.3. The van der Waals surface area contributed by atoms with E-state index in [9.17, 15) is 8.42 Å². The number of benzene rings is 1. The molecule has 0 aliphatic carbocycles. The van der Waals surface area contributed by atoms with Crippen molar-refractivity contribution >= 4 is 44.5 Å². The van der Waals surface area contributed by atoms with Crippen LogP contribution >= 0.6 is 23.8 Å². The lowest BCUT2D eigenvalue weighted by molar-refractivity contribution is 0.163. The van der Waals surface area contributed by atoms with Gasteiger partial charge >= 0.3 is 0 Å². The highest BCUT2D eigenvalue weighted by atomic mass is 35.5. The van der Waals surface area contributed by atoms with E-state index in [1.54, 1.807) is 13.0 Å². The number of rotatable bonds is 7. The highest BCUT2D eigenvalue weighted by Crippen LogP contribution is 2.24. The summed E-state index contributed by atoms with van der Waals surface area (Å²) in [7, 11) is -3.49. The Morgan fingerprint density at radius 2 is 2.21 bits per heavy atom. The summed E-state index contributed by atoms with van der Waals surface area (Å²) in [6.07, 6.45) is 0. The van der Waals surface area contributed by atoms with E-state index in [-0.39, 0.29) is 28.1 Å². The summed E-state index contributed by atoms with van der Waals surface area (Å²) in [5, 5.41) is 0.241. The number of sulfonamides is 1. The standard InChI is InChI=1S/C11H15ClN2O3S2/c1-2-17-5-6-19(15,16)14-10-4-3-8(11(13)18)7-9(10)12/h3-4,7,14H,2,5-6H2,1H3,(H2,13,18). The minimum atomic E-state index is -3.49. The molecule has 0 fully saturated rings. The predicted molar refractivity (Wildman–Crippen MR) is 81.2 cm³/mol. The molecule has 1 aromatic carbocycles. The highest BCUT2D eigenvalue weighted by molar-refractivity contribution is 7.92. The molecule has 0 amide bonds. The maximum Gasteiger partial charge on any atom is 0.235 e. The molecule has 0 aromatic heterocycles. The summed E-state index contributed by atoms with van der Waals surface area (Å²) < 4.78 is 30.9. The molecule has 0 aliphatic rings. The number of hydrogen-bond donors (Lipinski definition) is 2. The van der Waals surface area contributed by atoms with E-state index < -0.39 is 10.0 Å². The minimum absolute atomic E-state index is 0.131. The van der Waals surface area contributed by atoms with Crippen molar-refractivity contribution in [3.05, 3.63) is 28.8 Å². The van der Waals surface area contributed by atoms with E-state index in [0.717, 1.165) is 0 Å². The Labute approximate surface area is 123 Å². The number of nitrogens with one attached hydrogen (secondary N) is 1. The lowest BCUT2D eigenvalue weighted by atomic mass is 10.2. The van der Waals surface area contributed by atoms with E-state index in [0.29, 0.717) is 12.2 Å². The molecule has 8 heteroatoms. The molecule has 0 bridgehead atoms. The van der Waals surface area contributed by atoms with E-state index in [1.165, 1.54) is 12.1 Å². The third kappa shape index (κ3) is 5.32. The van der Waals surface area contributed by atoms with E-state index in [4.69, 9.17) is 34.3 Å². The molecule has 0 heterocycles. The van der Waals surface area contributed by atoms with Gasteiger partial charge in [-0.3, -0.25) is 4.72 Å². The van der Waals surface area contributed by atoms with Crippen LogP contribution in [0.15, 0.2) is 18.2 Å². The molecule has 0 aliphatic heterocycles. The Kier molecular flexibility index (Phi) is 5.99. The van der Waals surface area contributed by atoms with Crippen molar-refractivity contribution in [3.8, 4) is 0 Å². The molecule has 5 nitrogen and oxygen atoms in total. The van der Waals surface area contributed by atoms with Crippen LogP contribution < -0.4 is 10.5 Å². The second-order valence-corrected chi connectivity index (χ2v) is 6.37. The Bertz CT molecular complexity index is 561. The van der Waals surface area contributed by atoms with E-state index in [2.05, 4.69) is 4.72 Å². The molecule has 3 N–H and O–H groups in total. The molecular formula is C11H15ClN2O3S2. The van der Waals surface area contributed by atoms with Crippen molar-refractivity contribution in [1.29, 1.82) is 0 Å². The van der Waals surface area contributed by atoms with Gasteiger partial charge in [-0.05, 0) is 25.1 Å². The average Bonchev–Trinajstić information content (AvgIpc) is 2.31. The second-order valence-electron chi connectivity index (χ2n) is 3.68. The molecule has 0 spiro atoms. The molecule has 1 rings (SSSR count). The molecular weight excluding hydrogens is 308 g/mol. The van der Waals surface area contributed by atoms with Crippen LogP contribution in [0.1, 0.15) is 12.5 Å². The first-order valence-corrected chi connectivity index (χ1v) is 7.97. The van der Waals surface area contributed by atoms with Crippen LogP contribution in [0.4, 0.5) is 5.69 Å². The van der Waals surface area contributed by atoms with Crippen molar-refractivity contribution in [2.45, 2.75) is 6.92 Å². The van der Waals surface area contributed by atoms with Gasteiger partial charge in [-0.15, -0.1) is 0 Å². The maximum atomic E-state index is 11.7. The van der Waals surface area contributed by atoms with Crippen LogP contribution in [-0.4, -0.2) is 32.4 Å². The zero-order valence-electron chi connectivity index (χ0n) is 10.3. The Morgan fingerprint density at radius 1 is 1.53 bits per heavy atom. The van der Waals surface area contributed by atoms with Crippen LogP contribution in [0.3, 0.4) is 0 Å². The fourth-order valence-electron chi connectivity index (χ4n) is 1.28. The monoisotopic (exact) mass is 322 g/mol. The Hall–Kier alpha value is -0.890. The van der Waals surface area contributed by atoms with Gasteiger partial charge in [0.05, 0.1) is 23.1 Å². The first-order valence-electron chi connectivity index (χ1n) is 5.53. The average molecular weight is 323 g/mol. The van der Waals surface area contributed by atoms with Crippen LogP contribution in [0, 0.1) is 0 Å². The van der Waals surface area contributed by atoms with Gasteiger partial charge in [-0.1, -0.05) is 23.8 Å². The largest absolute Gasteiger partial charge is 0.389 e. The number of anilines is 1. The number of hydrogen-bond acceptors (Lipinski definition) is 4. The smallest absolute Gasteiger partial charge is 0.235 e. The van der Waals surface area contributed by atoms with Gasteiger partial charge < -0.3 is 10.5 Å². The van der Waals surface area contributed by atoms with Gasteiger partial charge in [-0.25, -0.2) is 8.42 Å². The zero-order chi connectivity index (χ0) is 14.5.